The molecule has 2 heterocycles. The quantitative estimate of drug-likeness (QED) is 0.780. The Morgan fingerprint density at radius 3 is 2.65 bits per heavy atom. The summed E-state index contributed by atoms with van der Waals surface area (Å²) in [4.78, 5) is 20.6. The van der Waals surface area contributed by atoms with E-state index in [1.54, 1.807) is 6.20 Å². The van der Waals surface area contributed by atoms with Crippen molar-refractivity contribution < 1.29 is 15.0 Å². The van der Waals surface area contributed by atoms with Crippen molar-refractivity contribution in [1.29, 1.82) is 0 Å². The number of rotatable bonds is 2. The van der Waals surface area contributed by atoms with E-state index < -0.39 is 11.6 Å². The smallest absolute Gasteiger partial charge is 0.356 e. The normalized spacial score (nSPS) is 19.1. The van der Waals surface area contributed by atoms with E-state index in [2.05, 4.69) is 9.97 Å². The molecule has 1 aromatic rings. The third kappa shape index (κ3) is 2.71. The molecule has 1 aliphatic heterocycles. The standard InChI is InChI=1S/C11H15N3O3/c1-11(17)2-4-14(5-3-11)9-7-12-6-8(13-9)10(15)16/h6-7,17H,2-5H2,1H3,(H,15,16). The lowest BCUT2D eigenvalue weighted by Crippen LogP contribution is -2.42. The molecule has 0 amide bonds. The van der Waals surface area contributed by atoms with E-state index in [4.69, 9.17) is 5.11 Å². The van der Waals surface area contributed by atoms with Gasteiger partial charge < -0.3 is 15.1 Å². The van der Waals surface area contributed by atoms with Crippen molar-refractivity contribution in [2.45, 2.75) is 25.4 Å². The fourth-order valence-electron chi connectivity index (χ4n) is 1.83. The second-order valence-corrected chi connectivity index (χ2v) is 4.55. The predicted molar refractivity (Wildman–Crippen MR) is 61.1 cm³/mol. The minimum atomic E-state index is -1.08. The number of anilines is 1. The van der Waals surface area contributed by atoms with Crippen LogP contribution in [0.4, 0.5) is 5.82 Å². The Bertz CT molecular complexity index is 424. The van der Waals surface area contributed by atoms with Gasteiger partial charge >= 0.3 is 5.97 Å². The summed E-state index contributed by atoms with van der Waals surface area (Å²) < 4.78 is 0. The first-order chi connectivity index (χ1) is 7.98. The number of aromatic carboxylic acids is 1. The lowest BCUT2D eigenvalue weighted by Gasteiger charge is -2.36. The molecule has 0 aromatic carbocycles. The van der Waals surface area contributed by atoms with Crippen LogP contribution in [0.1, 0.15) is 30.3 Å². The van der Waals surface area contributed by atoms with Gasteiger partial charge in [-0.3, -0.25) is 4.98 Å². The van der Waals surface area contributed by atoms with Crippen molar-refractivity contribution in [2.24, 2.45) is 0 Å². The summed E-state index contributed by atoms with van der Waals surface area (Å²) in [6.45, 7) is 3.12. The van der Waals surface area contributed by atoms with Crippen molar-refractivity contribution in [3.8, 4) is 0 Å². The lowest BCUT2D eigenvalue weighted by atomic mass is 9.94. The number of carboxylic acids is 1. The van der Waals surface area contributed by atoms with Crippen LogP contribution in [-0.4, -0.2) is 44.8 Å². The molecule has 0 unspecified atom stereocenters. The van der Waals surface area contributed by atoms with Gasteiger partial charge in [-0.15, -0.1) is 0 Å². The molecule has 2 N–H and O–H groups in total. The average Bonchev–Trinajstić information content (AvgIpc) is 2.29. The van der Waals surface area contributed by atoms with Crippen molar-refractivity contribution in [3.05, 3.63) is 18.1 Å². The topological polar surface area (TPSA) is 86.5 Å². The van der Waals surface area contributed by atoms with Crippen LogP contribution in [-0.2, 0) is 0 Å². The summed E-state index contributed by atoms with van der Waals surface area (Å²) in [5, 5.41) is 18.7. The summed E-state index contributed by atoms with van der Waals surface area (Å²) in [5.74, 6) is -0.524. The van der Waals surface area contributed by atoms with Crippen molar-refractivity contribution in [1.82, 2.24) is 9.97 Å². The molecule has 1 aromatic heterocycles. The number of hydrogen-bond acceptors (Lipinski definition) is 5. The largest absolute Gasteiger partial charge is 0.476 e. The Kier molecular flexibility index (Phi) is 2.97. The predicted octanol–water partition coefficient (Wildman–Crippen LogP) is 0.526. The highest BCUT2D eigenvalue weighted by atomic mass is 16.4. The van der Waals surface area contributed by atoms with E-state index >= 15 is 0 Å². The maximum atomic E-state index is 10.8. The molecule has 1 saturated heterocycles. The SMILES string of the molecule is CC1(O)CCN(c2cncc(C(=O)O)n2)CC1. The Labute approximate surface area is 98.9 Å². The average molecular weight is 237 g/mol. The van der Waals surface area contributed by atoms with Gasteiger partial charge in [0, 0.05) is 13.1 Å². The fourth-order valence-corrected chi connectivity index (χ4v) is 1.83. The van der Waals surface area contributed by atoms with E-state index in [-0.39, 0.29) is 5.69 Å². The van der Waals surface area contributed by atoms with E-state index in [0.717, 1.165) is 0 Å². The van der Waals surface area contributed by atoms with Gasteiger partial charge in [0.15, 0.2) is 5.69 Å². The Morgan fingerprint density at radius 2 is 2.06 bits per heavy atom. The molecule has 1 fully saturated rings. The van der Waals surface area contributed by atoms with Gasteiger partial charge in [-0.25, -0.2) is 9.78 Å². The monoisotopic (exact) mass is 237 g/mol. The Morgan fingerprint density at radius 1 is 1.41 bits per heavy atom. The van der Waals surface area contributed by atoms with Gasteiger partial charge in [0.25, 0.3) is 0 Å². The molecule has 6 heteroatoms. The molecule has 6 nitrogen and oxygen atoms in total. The van der Waals surface area contributed by atoms with E-state index in [9.17, 15) is 9.90 Å². The highest BCUT2D eigenvalue weighted by Gasteiger charge is 2.28. The van der Waals surface area contributed by atoms with Gasteiger partial charge in [0.05, 0.1) is 18.0 Å². The first-order valence-electron chi connectivity index (χ1n) is 5.51. The van der Waals surface area contributed by atoms with Crippen LogP contribution in [0.25, 0.3) is 0 Å². The van der Waals surface area contributed by atoms with Crippen molar-refractivity contribution in [2.75, 3.05) is 18.0 Å². The molecular formula is C11H15N3O3. The van der Waals surface area contributed by atoms with Crippen LogP contribution in [0.2, 0.25) is 0 Å². The zero-order valence-corrected chi connectivity index (χ0v) is 9.63. The second-order valence-electron chi connectivity index (χ2n) is 4.55. The van der Waals surface area contributed by atoms with E-state index in [1.165, 1.54) is 6.20 Å². The van der Waals surface area contributed by atoms with Crippen LogP contribution in [0, 0.1) is 0 Å². The lowest BCUT2D eigenvalue weighted by molar-refractivity contribution is 0.0349. The van der Waals surface area contributed by atoms with Gasteiger partial charge in [0.2, 0.25) is 0 Å². The second kappa shape index (κ2) is 4.29. The van der Waals surface area contributed by atoms with E-state index in [1.807, 2.05) is 11.8 Å². The Hall–Kier alpha value is -1.69. The third-order valence-electron chi connectivity index (χ3n) is 3.01. The highest BCUT2D eigenvalue weighted by Crippen LogP contribution is 2.24. The minimum absolute atomic E-state index is 0.0557. The van der Waals surface area contributed by atoms with Gasteiger partial charge in [-0.05, 0) is 19.8 Å². The number of hydrogen-bond donors (Lipinski definition) is 2. The van der Waals surface area contributed by atoms with Crippen LogP contribution in [0.3, 0.4) is 0 Å². The maximum absolute atomic E-state index is 10.8. The first kappa shape index (κ1) is 11.8. The summed E-state index contributed by atoms with van der Waals surface area (Å²) in [6.07, 6.45) is 4.07. The molecule has 0 bridgehead atoms. The first-order valence-corrected chi connectivity index (χ1v) is 5.51. The maximum Gasteiger partial charge on any atom is 0.356 e. The third-order valence-corrected chi connectivity index (χ3v) is 3.01. The molecule has 0 spiro atoms. The van der Waals surface area contributed by atoms with Crippen LogP contribution >= 0.6 is 0 Å². The van der Waals surface area contributed by atoms with Crippen molar-refractivity contribution in [3.63, 3.8) is 0 Å². The summed E-state index contributed by atoms with van der Waals surface area (Å²) in [5.41, 5.74) is -0.686. The van der Waals surface area contributed by atoms with Crippen LogP contribution < -0.4 is 4.90 Å². The summed E-state index contributed by atoms with van der Waals surface area (Å²) in [6, 6.07) is 0. The molecule has 0 aliphatic carbocycles. The Balaban J connectivity index is 2.13. The highest BCUT2D eigenvalue weighted by molar-refractivity contribution is 5.85. The number of carboxylic acid groups (broad SMARTS) is 1. The molecule has 0 atom stereocenters. The number of piperidine rings is 1. The van der Waals surface area contributed by atoms with E-state index in [0.29, 0.717) is 31.7 Å². The minimum Gasteiger partial charge on any atom is -0.476 e. The number of carbonyl (C=O) groups is 1. The fraction of sp³-hybridized carbons (Fsp3) is 0.545. The van der Waals surface area contributed by atoms with Gasteiger partial charge in [-0.1, -0.05) is 0 Å². The molecule has 1 aliphatic rings. The van der Waals surface area contributed by atoms with Crippen molar-refractivity contribution >= 4 is 11.8 Å². The molecule has 92 valence electrons. The summed E-state index contributed by atoms with van der Waals surface area (Å²) in [7, 11) is 0. The molecule has 0 saturated carbocycles. The number of nitrogens with zero attached hydrogens (tertiary/aromatic N) is 3. The zero-order chi connectivity index (χ0) is 12.5. The van der Waals surface area contributed by atoms with Crippen LogP contribution in [0.5, 0.6) is 0 Å². The number of aromatic nitrogens is 2. The van der Waals surface area contributed by atoms with Crippen LogP contribution in [0.15, 0.2) is 12.4 Å². The molecule has 17 heavy (non-hydrogen) atoms. The summed E-state index contributed by atoms with van der Waals surface area (Å²) >= 11 is 0. The van der Waals surface area contributed by atoms with Gasteiger partial charge in [0.1, 0.15) is 5.82 Å². The molecule has 0 radical (unpaired) electrons. The molecule has 2 rings (SSSR count). The molecular weight excluding hydrogens is 222 g/mol. The number of aliphatic hydroxyl groups is 1. The zero-order valence-electron chi connectivity index (χ0n) is 9.63. The van der Waals surface area contributed by atoms with Gasteiger partial charge in [-0.2, -0.15) is 0 Å².